The molecule has 3 nitrogen and oxygen atoms in total. The Balaban J connectivity index is 0. The third kappa shape index (κ3) is 18.4. The van der Waals surface area contributed by atoms with Gasteiger partial charge in [-0.25, -0.2) is 0 Å². The Kier molecular flexibility index (Phi) is 24.2. The van der Waals surface area contributed by atoms with Crippen molar-refractivity contribution in [3.05, 3.63) is 0 Å². The third-order valence-corrected chi connectivity index (χ3v) is 4.64. The van der Waals surface area contributed by atoms with Gasteiger partial charge in [0, 0.05) is 33.0 Å². The van der Waals surface area contributed by atoms with E-state index >= 15 is 0 Å². The molecule has 0 spiro atoms. The van der Waals surface area contributed by atoms with Gasteiger partial charge in [0.25, 0.3) is 0 Å². The monoisotopic (exact) mass is 371 g/mol. The highest BCUT2D eigenvalue weighted by atomic mass is 16.5. The van der Waals surface area contributed by atoms with Crippen molar-refractivity contribution in [2.75, 3.05) is 26.7 Å². The predicted molar refractivity (Wildman–Crippen MR) is 116 cm³/mol. The number of likely N-dealkylation sites (tertiary alicyclic amines) is 1. The summed E-state index contributed by atoms with van der Waals surface area (Å²) in [6.07, 6.45) is 14.9. The van der Waals surface area contributed by atoms with Crippen LogP contribution in [0.3, 0.4) is 0 Å². The molecule has 1 unspecified atom stereocenters. The van der Waals surface area contributed by atoms with E-state index in [2.05, 4.69) is 18.7 Å². The van der Waals surface area contributed by atoms with Gasteiger partial charge in [0.2, 0.25) is 0 Å². The Bertz CT molecular complexity index is 281. The molecule has 1 aliphatic rings. The Hall–Kier alpha value is -0.410. The van der Waals surface area contributed by atoms with E-state index in [1.54, 1.807) is 0 Å². The van der Waals surface area contributed by atoms with Crippen molar-refractivity contribution in [1.82, 2.24) is 4.90 Å². The number of carbonyl (C=O) groups excluding carboxylic acids is 1. The number of carbonyl (C=O) groups is 1. The lowest BCUT2D eigenvalue weighted by molar-refractivity contribution is -0.118. The molecule has 1 fully saturated rings. The summed E-state index contributed by atoms with van der Waals surface area (Å²) in [5, 5.41) is 0. The average Bonchev–Trinajstić information content (AvgIpc) is 3.13. The maximum Gasteiger partial charge on any atom is 0.132 e. The fraction of sp³-hybridized carbons (Fsp3) is 0.957. The van der Waals surface area contributed by atoms with Gasteiger partial charge in [-0.05, 0) is 25.8 Å². The van der Waals surface area contributed by atoms with Crippen LogP contribution in [-0.2, 0) is 9.53 Å². The van der Waals surface area contributed by atoms with Crippen molar-refractivity contribution in [2.45, 2.75) is 118 Å². The number of rotatable bonds is 13. The minimum Gasteiger partial charge on any atom is -0.380 e. The Morgan fingerprint density at radius 2 is 1.42 bits per heavy atom. The summed E-state index contributed by atoms with van der Waals surface area (Å²) in [6.45, 7) is 13.8. The average molecular weight is 372 g/mol. The zero-order valence-corrected chi connectivity index (χ0v) is 18.9. The minimum absolute atomic E-state index is 0.424. The highest BCUT2D eigenvalue weighted by molar-refractivity contribution is 5.77. The van der Waals surface area contributed by atoms with Gasteiger partial charge >= 0.3 is 0 Å². The molecule has 26 heavy (non-hydrogen) atoms. The number of ether oxygens (including phenoxy) is 1. The van der Waals surface area contributed by atoms with Gasteiger partial charge in [-0.1, -0.05) is 79.6 Å². The number of ketones is 1. The van der Waals surface area contributed by atoms with E-state index in [9.17, 15) is 4.79 Å². The molecule has 0 N–H and O–H groups in total. The van der Waals surface area contributed by atoms with Crippen LogP contribution in [0.4, 0.5) is 0 Å². The van der Waals surface area contributed by atoms with Crippen molar-refractivity contribution < 1.29 is 9.53 Å². The van der Waals surface area contributed by atoms with Crippen LogP contribution in [0.15, 0.2) is 0 Å². The first-order chi connectivity index (χ1) is 12.7. The number of unbranched alkanes of at least 4 members (excludes halogenated alkanes) is 7. The number of Topliss-reactive ketones (excluding diaryl/α,β-unsaturated/α-hetero) is 1. The molecule has 1 heterocycles. The molecule has 3 heteroatoms. The van der Waals surface area contributed by atoms with Crippen LogP contribution in [0, 0.1) is 0 Å². The molecule has 0 aromatic carbocycles. The SMILES string of the molecule is CC.CCC.CCC(=O)CCCCCCCCCCN1CCC(OC)C1. The topological polar surface area (TPSA) is 29.5 Å². The van der Waals surface area contributed by atoms with E-state index in [0.29, 0.717) is 18.3 Å². The molecule has 0 aromatic heterocycles. The molecule has 158 valence electrons. The fourth-order valence-electron chi connectivity index (χ4n) is 3.09. The van der Waals surface area contributed by atoms with E-state index < -0.39 is 0 Å². The molecule has 0 saturated carbocycles. The Labute approximate surface area is 165 Å². The third-order valence-electron chi connectivity index (χ3n) is 4.64. The normalized spacial score (nSPS) is 16.5. The molecule has 0 amide bonds. The van der Waals surface area contributed by atoms with Gasteiger partial charge in [-0.15, -0.1) is 0 Å². The molecule has 0 aliphatic carbocycles. The fourth-order valence-corrected chi connectivity index (χ4v) is 3.09. The molecule has 1 saturated heterocycles. The summed E-state index contributed by atoms with van der Waals surface area (Å²) in [5.41, 5.74) is 0. The standard InChI is InChI=1S/C18H35NO2.C3H8.C2H6/c1-3-17(20)12-10-8-6-4-5-7-9-11-14-19-15-13-18(16-19)21-2;1-3-2;1-2/h18H,3-16H2,1-2H3;3H2,1-2H3;1-2H3. The zero-order chi connectivity index (χ0) is 20.0. The molecule has 0 radical (unpaired) electrons. The Morgan fingerprint density at radius 3 is 1.88 bits per heavy atom. The lowest BCUT2D eigenvalue weighted by Crippen LogP contribution is -2.23. The number of hydrogen-bond acceptors (Lipinski definition) is 3. The van der Waals surface area contributed by atoms with E-state index in [4.69, 9.17) is 4.74 Å². The first kappa shape index (κ1) is 27.8. The minimum atomic E-state index is 0.424. The maximum absolute atomic E-state index is 11.2. The van der Waals surface area contributed by atoms with Crippen molar-refractivity contribution in [3.63, 3.8) is 0 Å². The van der Waals surface area contributed by atoms with Gasteiger partial charge in [-0.2, -0.15) is 0 Å². The second-order valence-corrected chi connectivity index (χ2v) is 7.12. The smallest absolute Gasteiger partial charge is 0.132 e. The largest absolute Gasteiger partial charge is 0.380 e. The van der Waals surface area contributed by atoms with Crippen LogP contribution in [0.2, 0.25) is 0 Å². The first-order valence-electron chi connectivity index (χ1n) is 11.4. The van der Waals surface area contributed by atoms with Crippen molar-refractivity contribution in [1.29, 1.82) is 0 Å². The highest BCUT2D eigenvalue weighted by Gasteiger charge is 2.20. The lowest BCUT2D eigenvalue weighted by Gasteiger charge is -2.15. The Morgan fingerprint density at radius 1 is 0.923 bits per heavy atom. The van der Waals surface area contributed by atoms with Gasteiger partial charge in [0.15, 0.2) is 0 Å². The zero-order valence-electron chi connectivity index (χ0n) is 18.9. The number of methoxy groups -OCH3 is 1. The molecule has 1 aliphatic heterocycles. The summed E-state index contributed by atoms with van der Waals surface area (Å²) in [4.78, 5) is 13.7. The quantitative estimate of drug-likeness (QED) is 0.340. The van der Waals surface area contributed by atoms with Crippen LogP contribution in [0.25, 0.3) is 0 Å². The van der Waals surface area contributed by atoms with Crippen molar-refractivity contribution in [3.8, 4) is 0 Å². The maximum atomic E-state index is 11.2. The van der Waals surface area contributed by atoms with Crippen LogP contribution >= 0.6 is 0 Å². The molecule has 1 rings (SSSR count). The number of nitrogens with zero attached hydrogens (tertiary/aromatic N) is 1. The highest BCUT2D eigenvalue weighted by Crippen LogP contribution is 2.14. The molecular weight excluding hydrogens is 322 g/mol. The number of hydrogen-bond donors (Lipinski definition) is 0. The van der Waals surface area contributed by atoms with E-state index in [-0.39, 0.29) is 0 Å². The van der Waals surface area contributed by atoms with Crippen LogP contribution in [-0.4, -0.2) is 43.5 Å². The molecule has 0 aromatic rings. The van der Waals surface area contributed by atoms with E-state index in [1.807, 2.05) is 27.9 Å². The van der Waals surface area contributed by atoms with E-state index in [0.717, 1.165) is 19.4 Å². The summed E-state index contributed by atoms with van der Waals surface area (Å²) in [7, 11) is 1.83. The second kappa shape index (κ2) is 22.6. The van der Waals surface area contributed by atoms with Gasteiger partial charge in [-0.3, -0.25) is 4.79 Å². The lowest BCUT2D eigenvalue weighted by atomic mass is 10.1. The van der Waals surface area contributed by atoms with Crippen LogP contribution in [0.1, 0.15) is 112 Å². The van der Waals surface area contributed by atoms with Crippen molar-refractivity contribution in [2.24, 2.45) is 0 Å². The molecular formula is C23H49NO2. The van der Waals surface area contributed by atoms with Gasteiger partial charge in [0.1, 0.15) is 5.78 Å². The van der Waals surface area contributed by atoms with Gasteiger partial charge < -0.3 is 9.64 Å². The second-order valence-electron chi connectivity index (χ2n) is 7.12. The molecule has 0 bridgehead atoms. The summed E-state index contributed by atoms with van der Waals surface area (Å²) in [5.74, 6) is 0.424. The van der Waals surface area contributed by atoms with E-state index in [1.165, 1.54) is 70.9 Å². The summed E-state index contributed by atoms with van der Waals surface area (Å²) in [6, 6.07) is 0. The molecule has 1 atom stereocenters. The van der Waals surface area contributed by atoms with Crippen molar-refractivity contribution >= 4 is 5.78 Å². The summed E-state index contributed by atoms with van der Waals surface area (Å²) < 4.78 is 5.39. The van der Waals surface area contributed by atoms with Crippen LogP contribution in [0.5, 0.6) is 0 Å². The van der Waals surface area contributed by atoms with Gasteiger partial charge in [0.05, 0.1) is 6.10 Å². The first-order valence-corrected chi connectivity index (χ1v) is 11.4. The summed E-state index contributed by atoms with van der Waals surface area (Å²) >= 11 is 0. The predicted octanol–water partition coefficient (Wildman–Crippen LogP) is 6.64. The van der Waals surface area contributed by atoms with Crippen LogP contribution < -0.4 is 0 Å².